The SMILES string of the molecule is COc1cc2c(cnn2C(=O)OC(C)(C)C)c(Cc2ccc(I)cc2F)c1N. The van der Waals surface area contributed by atoms with E-state index in [1.807, 2.05) is 6.07 Å². The van der Waals surface area contributed by atoms with E-state index in [1.165, 1.54) is 19.4 Å². The predicted octanol–water partition coefficient (Wildman–Crippen LogP) is 4.74. The second-order valence-electron chi connectivity index (χ2n) is 7.35. The Labute approximate surface area is 175 Å². The summed E-state index contributed by atoms with van der Waals surface area (Å²) < 4.78 is 27.2. The molecule has 0 radical (unpaired) electrons. The third-order valence-corrected chi connectivity index (χ3v) is 4.83. The molecule has 0 aliphatic heterocycles. The van der Waals surface area contributed by atoms with Crippen LogP contribution in [-0.2, 0) is 11.2 Å². The second kappa shape index (κ2) is 7.57. The van der Waals surface area contributed by atoms with E-state index in [0.717, 1.165) is 8.25 Å². The van der Waals surface area contributed by atoms with Gasteiger partial charge < -0.3 is 15.2 Å². The van der Waals surface area contributed by atoms with Crippen molar-refractivity contribution in [2.24, 2.45) is 0 Å². The monoisotopic (exact) mass is 497 g/mol. The van der Waals surface area contributed by atoms with Gasteiger partial charge in [-0.1, -0.05) is 6.07 Å². The summed E-state index contributed by atoms with van der Waals surface area (Å²) in [4.78, 5) is 12.5. The fourth-order valence-electron chi connectivity index (χ4n) is 2.89. The average molecular weight is 497 g/mol. The van der Waals surface area contributed by atoms with Crippen LogP contribution in [0, 0.1) is 9.39 Å². The molecule has 2 aromatic carbocycles. The van der Waals surface area contributed by atoms with Crippen LogP contribution in [-0.4, -0.2) is 28.6 Å². The Bertz CT molecular complexity index is 1060. The minimum Gasteiger partial charge on any atom is -0.495 e. The number of benzene rings is 2. The summed E-state index contributed by atoms with van der Waals surface area (Å²) in [5, 5.41) is 4.81. The van der Waals surface area contributed by atoms with Crippen LogP contribution in [0.15, 0.2) is 30.5 Å². The van der Waals surface area contributed by atoms with Gasteiger partial charge in [-0.05, 0) is 66.6 Å². The van der Waals surface area contributed by atoms with E-state index in [4.69, 9.17) is 15.2 Å². The minimum atomic E-state index is -0.666. The van der Waals surface area contributed by atoms with Crippen molar-refractivity contribution in [3.8, 4) is 5.75 Å². The van der Waals surface area contributed by atoms with Gasteiger partial charge >= 0.3 is 6.09 Å². The number of carbonyl (C=O) groups excluding carboxylic acids is 1. The molecule has 28 heavy (non-hydrogen) atoms. The summed E-state index contributed by atoms with van der Waals surface area (Å²) in [7, 11) is 1.49. The Morgan fingerprint density at radius 2 is 2.04 bits per heavy atom. The molecule has 0 atom stereocenters. The minimum absolute atomic E-state index is 0.238. The van der Waals surface area contributed by atoms with Crippen LogP contribution < -0.4 is 10.5 Å². The summed E-state index contributed by atoms with van der Waals surface area (Å²) in [5.41, 5.74) is 7.61. The Kier molecular flexibility index (Phi) is 5.51. The highest BCUT2D eigenvalue weighted by molar-refractivity contribution is 14.1. The quantitative estimate of drug-likeness (QED) is 0.418. The van der Waals surface area contributed by atoms with Crippen LogP contribution in [0.25, 0.3) is 10.9 Å². The largest absolute Gasteiger partial charge is 0.495 e. The number of nitrogen functional groups attached to an aromatic ring is 1. The molecule has 6 nitrogen and oxygen atoms in total. The van der Waals surface area contributed by atoms with E-state index >= 15 is 0 Å². The van der Waals surface area contributed by atoms with Gasteiger partial charge in [0, 0.05) is 21.4 Å². The van der Waals surface area contributed by atoms with Crippen molar-refractivity contribution in [2.75, 3.05) is 12.8 Å². The molecule has 0 unspecified atom stereocenters. The number of anilines is 1. The number of methoxy groups -OCH3 is 1. The van der Waals surface area contributed by atoms with E-state index in [1.54, 1.807) is 32.9 Å². The maximum Gasteiger partial charge on any atom is 0.435 e. The molecule has 0 fully saturated rings. The number of nitrogens with zero attached hydrogens (tertiary/aromatic N) is 2. The number of hydrogen-bond donors (Lipinski definition) is 1. The van der Waals surface area contributed by atoms with Gasteiger partial charge in [0.15, 0.2) is 0 Å². The number of ether oxygens (including phenoxy) is 2. The van der Waals surface area contributed by atoms with E-state index in [2.05, 4.69) is 27.7 Å². The molecule has 0 spiro atoms. The first-order valence-electron chi connectivity index (χ1n) is 8.61. The fraction of sp³-hybridized carbons (Fsp3) is 0.300. The summed E-state index contributed by atoms with van der Waals surface area (Å²) in [6, 6.07) is 6.65. The molecule has 1 aromatic heterocycles. The second-order valence-corrected chi connectivity index (χ2v) is 8.60. The molecule has 0 aliphatic rings. The van der Waals surface area contributed by atoms with Crippen molar-refractivity contribution in [3.63, 3.8) is 0 Å². The maximum atomic E-state index is 14.4. The van der Waals surface area contributed by atoms with Gasteiger partial charge in [-0.25, -0.2) is 9.18 Å². The Morgan fingerprint density at radius 3 is 2.64 bits per heavy atom. The van der Waals surface area contributed by atoms with E-state index in [-0.39, 0.29) is 12.2 Å². The molecular formula is C20H21FIN3O3. The van der Waals surface area contributed by atoms with Crippen LogP contribution >= 0.6 is 22.6 Å². The Balaban J connectivity index is 2.14. The number of rotatable bonds is 3. The van der Waals surface area contributed by atoms with Gasteiger partial charge in [0.25, 0.3) is 0 Å². The molecule has 1 heterocycles. The highest BCUT2D eigenvalue weighted by atomic mass is 127. The van der Waals surface area contributed by atoms with Crippen LogP contribution in [0.3, 0.4) is 0 Å². The van der Waals surface area contributed by atoms with Crippen LogP contribution in [0.1, 0.15) is 31.9 Å². The third kappa shape index (κ3) is 4.06. The lowest BCUT2D eigenvalue weighted by atomic mass is 9.99. The number of fused-ring (bicyclic) bond motifs is 1. The van der Waals surface area contributed by atoms with Gasteiger partial charge in [-0.3, -0.25) is 0 Å². The first kappa shape index (κ1) is 20.4. The average Bonchev–Trinajstić information content (AvgIpc) is 3.01. The number of hydrogen-bond acceptors (Lipinski definition) is 5. The van der Waals surface area contributed by atoms with Crippen LogP contribution in [0.4, 0.5) is 14.9 Å². The lowest BCUT2D eigenvalue weighted by Crippen LogP contribution is -2.27. The van der Waals surface area contributed by atoms with E-state index in [0.29, 0.717) is 33.5 Å². The predicted molar refractivity (Wildman–Crippen MR) is 114 cm³/mol. The number of carbonyl (C=O) groups is 1. The van der Waals surface area contributed by atoms with Crippen molar-refractivity contribution in [2.45, 2.75) is 32.8 Å². The molecule has 0 amide bonds. The molecule has 3 rings (SSSR count). The molecule has 0 saturated carbocycles. The zero-order valence-electron chi connectivity index (χ0n) is 16.0. The van der Waals surface area contributed by atoms with Crippen LogP contribution in [0.5, 0.6) is 5.75 Å². The Hall–Kier alpha value is -2.36. The summed E-state index contributed by atoms with van der Waals surface area (Å²) in [6.45, 7) is 5.33. The van der Waals surface area contributed by atoms with Crippen molar-refractivity contribution >= 4 is 45.3 Å². The Morgan fingerprint density at radius 1 is 1.32 bits per heavy atom. The summed E-state index contributed by atoms with van der Waals surface area (Å²) in [5.74, 6) is 0.0699. The van der Waals surface area contributed by atoms with E-state index < -0.39 is 11.7 Å². The smallest absolute Gasteiger partial charge is 0.435 e. The van der Waals surface area contributed by atoms with Crippen molar-refractivity contribution in [1.29, 1.82) is 0 Å². The highest BCUT2D eigenvalue weighted by Crippen LogP contribution is 2.35. The molecule has 8 heteroatoms. The van der Waals surface area contributed by atoms with Gasteiger partial charge in [-0.15, -0.1) is 0 Å². The third-order valence-electron chi connectivity index (χ3n) is 4.16. The zero-order valence-corrected chi connectivity index (χ0v) is 18.2. The number of aromatic nitrogens is 2. The van der Waals surface area contributed by atoms with Gasteiger partial charge in [0.1, 0.15) is 17.2 Å². The first-order chi connectivity index (χ1) is 13.1. The van der Waals surface area contributed by atoms with Gasteiger partial charge in [0.05, 0.1) is 24.5 Å². The summed E-state index contributed by atoms with van der Waals surface area (Å²) >= 11 is 2.06. The summed E-state index contributed by atoms with van der Waals surface area (Å²) in [6.07, 6.45) is 1.16. The number of halogens is 2. The van der Waals surface area contributed by atoms with Gasteiger partial charge in [-0.2, -0.15) is 9.78 Å². The van der Waals surface area contributed by atoms with Gasteiger partial charge in [0.2, 0.25) is 0 Å². The molecular weight excluding hydrogens is 476 g/mol. The molecule has 0 saturated heterocycles. The zero-order chi connectivity index (χ0) is 20.6. The molecule has 148 valence electrons. The lowest BCUT2D eigenvalue weighted by Gasteiger charge is -2.19. The van der Waals surface area contributed by atoms with E-state index in [9.17, 15) is 9.18 Å². The van der Waals surface area contributed by atoms with Crippen LogP contribution in [0.2, 0.25) is 0 Å². The first-order valence-corrected chi connectivity index (χ1v) is 9.69. The molecule has 0 bridgehead atoms. The normalized spacial score (nSPS) is 11.6. The fourth-order valence-corrected chi connectivity index (χ4v) is 3.34. The molecule has 0 aliphatic carbocycles. The van der Waals surface area contributed by atoms with Crippen molar-refractivity contribution in [1.82, 2.24) is 9.78 Å². The highest BCUT2D eigenvalue weighted by Gasteiger charge is 2.23. The standard InChI is InChI=1S/C20H21FIN3O3/c1-20(2,3)28-19(26)25-16-9-17(27-4)18(23)13(14(16)10-24-25)7-11-5-6-12(22)8-15(11)21/h5-6,8-10H,7,23H2,1-4H3. The van der Waals surface area contributed by atoms with Crippen molar-refractivity contribution < 1.29 is 18.7 Å². The topological polar surface area (TPSA) is 79.4 Å². The lowest BCUT2D eigenvalue weighted by molar-refractivity contribution is 0.0522. The molecule has 3 aromatic rings. The number of nitrogens with two attached hydrogens (primary N) is 1. The maximum absolute atomic E-state index is 14.4. The van der Waals surface area contributed by atoms with Crippen molar-refractivity contribution in [3.05, 3.63) is 51.0 Å². The molecule has 2 N–H and O–H groups in total.